The molecule has 3 aromatic rings. The molecule has 0 spiro atoms. The fourth-order valence-corrected chi connectivity index (χ4v) is 3.73. The van der Waals surface area contributed by atoms with Crippen LogP contribution in [0.4, 0.5) is 18.3 Å². The Hall–Kier alpha value is -1.67. The van der Waals surface area contributed by atoms with Crippen LogP contribution in [-0.2, 0) is 6.18 Å². The van der Waals surface area contributed by atoms with Crippen LogP contribution in [-0.4, -0.2) is 9.97 Å². The third-order valence-corrected chi connectivity index (χ3v) is 5.03. The molecule has 2 heterocycles. The Morgan fingerprint density at radius 2 is 2.14 bits per heavy atom. The normalized spacial score (nSPS) is 13.5. The SMILES string of the molecule is CCC(Nc1nc2cc(C(F)(F)F)ccc2s1)c1nccs1. The number of nitrogens with zero attached hydrogens (tertiary/aromatic N) is 2. The number of benzene rings is 1. The molecule has 0 amide bonds. The first kappa shape index (κ1) is 15.2. The summed E-state index contributed by atoms with van der Waals surface area (Å²) in [5.41, 5.74) is -0.319. The van der Waals surface area contributed by atoms with Crippen molar-refractivity contribution in [3.05, 3.63) is 40.3 Å². The van der Waals surface area contributed by atoms with Crippen molar-refractivity contribution in [3.8, 4) is 0 Å². The van der Waals surface area contributed by atoms with Gasteiger partial charge in [-0.2, -0.15) is 13.2 Å². The summed E-state index contributed by atoms with van der Waals surface area (Å²) >= 11 is 2.89. The van der Waals surface area contributed by atoms with Crippen molar-refractivity contribution >= 4 is 38.0 Å². The van der Waals surface area contributed by atoms with E-state index < -0.39 is 11.7 Å². The maximum atomic E-state index is 12.7. The number of halogens is 3. The fraction of sp³-hybridized carbons (Fsp3) is 0.286. The average molecular weight is 343 g/mol. The highest BCUT2D eigenvalue weighted by Crippen LogP contribution is 2.35. The summed E-state index contributed by atoms with van der Waals surface area (Å²) in [6.45, 7) is 2.02. The minimum atomic E-state index is -4.35. The highest BCUT2D eigenvalue weighted by Gasteiger charge is 2.30. The van der Waals surface area contributed by atoms with Crippen LogP contribution in [0.15, 0.2) is 29.8 Å². The average Bonchev–Trinajstić information content (AvgIpc) is 3.11. The molecule has 2 aromatic heterocycles. The van der Waals surface area contributed by atoms with Gasteiger partial charge in [-0.05, 0) is 24.6 Å². The molecule has 3 rings (SSSR count). The molecule has 0 radical (unpaired) electrons. The minimum Gasteiger partial charge on any atom is -0.352 e. The van der Waals surface area contributed by atoms with Crippen LogP contribution >= 0.6 is 22.7 Å². The van der Waals surface area contributed by atoms with Gasteiger partial charge in [0, 0.05) is 11.6 Å². The van der Waals surface area contributed by atoms with E-state index in [9.17, 15) is 13.2 Å². The number of fused-ring (bicyclic) bond motifs is 1. The van der Waals surface area contributed by atoms with E-state index in [1.54, 1.807) is 17.5 Å². The maximum absolute atomic E-state index is 12.7. The summed E-state index contributed by atoms with van der Waals surface area (Å²) in [7, 11) is 0. The summed E-state index contributed by atoms with van der Waals surface area (Å²) in [5, 5.41) is 6.70. The lowest BCUT2D eigenvalue weighted by Crippen LogP contribution is -2.08. The Labute approximate surface area is 132 Å². The molecular weight excluding hydrogens is 331 g/mol. The molecule has 3 nitrogen and oxygen atoms in total. The first-order chi connectivity index (χ1) is 10.5. The van der Waals surface area contributed by atoms with Gasteiger partial charge in [0.05, 0.1) is 21.8 Å². The molecule has 0 bridgehead atoms. The molecule has 0 aliphatic rings. The van der Waals surface area contributed by atoms with Gasteiger partial charge in [-0.3, -0.25) is 0 Å². The zero-order valence-electron chi connectivity index (χ0n) is 11.5. The van der Waals surface area contributed by atoms with Crippen LogP contribution in [0, 0.1) is 0 Å². The van der Waals surface area contributed by atoms with E-state index in [4.69, 9.17) is 0 Å². The molecule has 8 heteroatoms. The lowest BCUT2D eigenvalue weighted by molar-refractivity contribution is -0.137. The van der Waals surface area contributed by atoms with E-state index in [0.29, 0.717) is 10.6 Å². The number of aromatic nitrogens is 2. The second kappa shape index (κ2) is 5.85. The number of rotatable bonds is 4. The summed E-state index contributed by atoms with van der Waals surface area (Å²) in [5.74, 6) is 0. The highest BCUT2D eigenvalue weighted by molar-refractivity contribution is 7.22. The van der Waals surface area contributed by atoms with Gasteiger partial charge in [-0.1, -0.05) is 18.3 Å². The Bertz CT molecular complexity index is 765. The standard InChI is InChI=1S/C14H12F3N3S2/c1-2-9(12-18-5-6-21-12)19-13-20-10-7-8(14(15,16)17)3-4-11(10)22-13/h3-7,9H,2H2,1H3,(H,19,20). The molecule has 1 unspecified atom stereocenters. The smallest absolute Gasteiger partial charge is 0.352 e. The molecule has 0 saturated carbocycles. The van der Waals surface area contributed by atoms with E-state index in [0.717, 1.165) is 28.3 Å². The van der Waals surface area contributed by atoms with Crippen LogP contribution in [0.5, 0.6) is 0 Å². The molecule has 116 valence electrons. The topological polar surface area (TPSA) is 37.8 Å². The molecule has 0 saturated heterocycles. The lowest BCUT2D eigenvalue weighted by Gasteiger charge is -2.12. The van der Waals surface area contributed by atoms with Crippen LogP contribution in [0.3, 0.4) is 0 Å². The highest BCUT2D eigenvalue weighted by atomic mass is 32.1. The van der Waals surface area contributed by atoms with Gasteiger partial charge >= 0.3 is 6.18 Å². The minimum absolute atomic E-state index is 0.0163. The fourth-order valence-electron chi connectivity index (χ4n) is 2.06. The second-order valence-electron chi connectivity index (χ2n) is 4.67. The summed E-state index contributed by atoms with van der Waals surface area (Å²) in [4.78, 5) is 8.54. The van der Waals surface area contributed by atoms with Gasteiger partial charge in [-0.15, -0.1) is 11.3 Å². The molecule has 0 aliphatic carbocycles. The zero-order chi connectivity index (χ0) is 15.7. The van der Waals surface area contributed by atoms with Crippen molar-refractivity contribution in [1.82, 2.24) is 9.97 Å². The van der Waals surface area contributed by atoms with Crippen molar-refractivity contribution in [2.75, 3.05) is 5.32 Å². The Morgan fingerprint density at radius 3 is 2.77 bits per heavy atom. The summed E-state index contributed by atoms with van der Waals surface area (Å²) in [6, 6.07) is 3.65. The van der Waals surface area contributed by atoms with Crippen LogP contribution in [0.2, 0.25) is 0 Å². The second-order valence-corrected chi connectivity index (χ2v) is 6.63. The predicted octanol–water partition coefficient (Wildman–Crippen LogP) is 5.33. The lowest BCUT2D eigenvalue weighted by atomic mass is 10.2. The van der Waals surface area contributed by atoms with Crippen LogP contribution in [0.25, 0.3) is 10.2 Å². The predicted molar refractivity (Wildman–Crippen MR) is 83.4 cm³/mol. The van der Waals surface area contributed by atoms with Crippen molar-refractivity contribution in [3.63, 3.8) is 0 Å². The molecule has 1 aromatic carbocycles. The number of alkyl halides is 3. The van der Waals surface area contributed by atoms with Crippen molar-refractivity contribution < 1.29 is 13.2 Å². The van der Waals surface area contributed by atoms with Gasteiger partial charge in [-0.25, -0.2) is 9.97 Å². The van der Waals surface area contributed by atoms with Gasteiger partial charge in [0.2, 0.25) is 0 Å². The third-order valence-electron chi connectivity index (χ3n) is 3.17. The van der Waals surface area contributed by atoms with Gasteiger partial charge in [0.15, 0.2) is 5.13 Å². The molecule has 1 N–H and O–H groups in total. The molecule has 22 heavy (non-hydrogen) atoms. The van der Waals surface area contributed by atoms with Crippen LogP contribution in [0.1, 0.15) is 30.0 Å². The summed E-state index contributed by atoms with van der Waals surface area (Å²) < 4.78 is 38.9. The Kier molecular flexibility index (Phi) is 4.05. The molecule has 0 aliphatic heterocycles. The summed E-state index contributed by atoms with van der Waals surface area (Å²) in [6.07, 6.45) is -1.80. The Morgan fingerprint density at radius 1 is 1.32 bits per heavy atom. The van der Waals surface area contributed by atoms with Gasteiger partial charge < -0.3 is 5.32 Å². The maximum Gasteiger partial charge on any atom is 0.416 e. The monoisotopic (exact) mass is 343 g/mol. The van der Waals surface area contributed by atoms with E-state index in [2.05, 4.69) is 15.3 Å². The largest absolute Gasteiger partial charge is 0.416 e. The third kappa shape index (κ3) is 3.07. The van der Waals surface area contributed by atoms with E-state index in [1.165, 1.54) is 17.4 Å². The molecular formula is C14H12F3N3S2. The molecule has 0 fully saturated rings. The number of thiazole rings is 2. The first-order valence-electron chi connectivity index (χ1n) is 6.61. The van der Waals surface area contributed by atoms with Crippen molar-refractivity contribution in [2.45, 2.75) is 25.6 Å². The van der Waals surface area contributed by atoms with Gasteiger partial charge in [0.1, 0.15) is 5.01 Å². The zero-order valence-corrected chi connectivity index (χ0v) is 13.1. The number of nitrogens with one attached hydrogen (secondary N) is 1. The quantitative estimate of drug-likeness (QED) is 0.695. The van der Waals surface area contributed by atoms with Crippen LogP contribution < -0.4 is 5.32 Å². The van der Waals surface area contributed by atoms with Crippen molar-refractivity contribution in [2.24, 2.45) is 0 Å². The van der Waals surface area contributed by atoms with Gasteiger partial charge in [0.25, 0.3) is 0 Å². The molecule has 1 atom stereocenters. The van der Waals surface area contributed by atoms with Crippen molar-refractivity contribution in [1.29, 1.82) is 0 Å². The van der Waals surface area contributed by atoms with E-state index in [-0.39, 0.29) is 6.04 Å². The number of hydrogen-bond donors (Lipinski definition) is 1. The number of anilines is 1. The number of hydrogen-bond acceptors (Lipinski definition) is 5. The van der Waals surface area contributed by atoms with E-state index in [1.807, 2.05) is 12.3 Å². The first-order valence-corrected chi connectivity index (χ1v) is 8.30. The Balaban J connectivity index is 1.88. The van der Waals surface area contributed by atoms with E-state index >= 15 is 0 Å².